The van der Waals surface area contributed by atoms with Gasteiger partial charge in [0.2, 0.25) is 10.0 Å². The Hall–Kier alpha value is -1.90. The molecule has 1 aromatic carbocycles. The number of hydrogen-bond acceptors (Lipinski definition) is 5. The SMILES string of the molecule is NS(=O)(=O)c1ccc(CNC(=O)c2ccccc2O)s1. The molecule has 0 spiro atoms. The topological polar surface area (TPSA) is 109 Å². The molecule has 6 nitrogen and oxygen atoms in total. The van der Waals surface area contributed by atoms with Crippen LogP contribution in [0.4, 0.5) is 0 Å². The lowest BCUT2D eigenvalue weighted by atomic mass is 10.2. The molecular formula is C12H12N2O4S2. The minimum atomic E-state index is -3.71. The summed E-state index contributed by atoms with van der Waals surface area (Å²) in [5.41, 5.74) is 0.163. The Kier molecular flexibility index (Phi) is 4.07. The van der Waals surface area contributed by atoms with Crippen molar-refractivity contribution in [3.63, 3.8) is 0 Å². The zero-order chi connectivity index (χ0) is 14.8. The number of para-hydroxylation sites is 1. The van der Waals surface area contributed by atoms with Crippen molar-refractivity contribution in [2.24, 2.45) is 5.14 Å². The number of thiophene rings is 1. The summed E-state index contributed by atoms with van der Waals surface area (Å²) in [5, 5.41) is 17.1. The number of nitrogens with one attached hydrogen (secondary N) is 1. The van der Waals surface area contributed by atoms with E-state index in [0.29, 0.717) is 4.88 Å². The fourth-order valence-electron chi connectivity index (χ4n) is 1.53. The van der Waals surface area contributed by atoms with Gasteiger partial charge < -0.3 is 10.4 Å². The fourth-order valence-corrected chi connectivity index (χ4v) is 3.25. The third-order valence-corrected chi connectivity index (χ3v) is 5.01. The molecule has 4 N–H and O–H groups in total. The second-order valence-corrected chi connectivity index (χ2v) is 6.92. The Morgan fingerprint density at radius 2 is 1.95 bits per heavy atom. The molecule has 0 unspecified atom stereocenters. The Labute approximate surface area is 119 Å². The van der Waals surface area contributed by atoms with Gasteiger partial charge in [0, 0.05) is 4.88 Å². The van der Waals surface area contributed by atoms with E-state index >= 15 is 0 Å². The monoisotopic (exact) mass is 312 g/mol. The van der Waals surface area contributed by atoms with Crippen LogP contribution in [0.1, 0.15) is 15.2 Å². The number of hydrogen-bond donors (Lipinski definition) is 3. The molecule has 106 valence electrons. The van der Waals surface area contributed by atoms with Gasteiger partial charge >= 0.3 is 0 Å². The van der Waals surface area contributed by atoms with E-state index in [1.165, 1.54) is 18.2 Å². The molecule has 2 aromatic rings. The zero-order valence-electron chi connectivity index (χ0n) is 10.2. The maximum Gasteiger partial charge on any atom is 0.255 e. The quantitative estimate of drug-likeness (QED) is 0.783. The van der Waals surface area contributed by atoms with E-state index in [4.69, 9.17) is 5.14 Å². The molecule has 20 heavy (non-hydrogen) atoms. The minimum absolute atomic E-state index is 0.0457. The highest BCUT2D eigenvalue weighted by molar-refractivity contribution is 7.91. The lowest BCUT2D eigenvalue weighted by Crippen LogP contribution is -2.22. The first-order valence-corrected chi connectivity index (χ1v) is 7.92. The van der Waals surface area contributed by atoms with Crippen LogP contribution >= 0.6 is 11.3 Å². The van der Waals surface area contributed by atoms with Crippen molar-refractivity contribution < 1.29 is 18.3 Å². The molecule has 0 saturated carbocycles. The Morgan fingerprint density at radius 3 is 2.55 bits per heavy atom. The van der Waals surface area contributed by atoms with Crippen LogP contribution in [-0.2, 0) is 16.6 Å². The van der Waals surface area contributed by atoms with Crippen molar-refractivity contribution in [3.8, 4) is 5.75 Å². The van der Waals surface area contributed by atoms with Crippen molar-refractivity contribution in [2.45, 2.75) is 10.8 Å². The zero-order valence-corrected chi connectivity index (χ0v) is 11.9. The van der Waals surface area contributed by atoms with Gasteiger partial charge in [-0.05, 0) is 24.3 Å². The number of carbonyl (C=O) groups excluding carboxylic acids is 1. The molecule has 0 aliphatic heterocycles. The molecule has 1 aromatic heterocycles. The van der Waals surface area contributed by atoms with Crippen LogP contribution in [0.15, 0.2) is 40.6 Å². The second-order valence-electron chi connectivity index (χ2n) is 3.97. The molecule has 0 atom stereocenters. The van der Waals surface area contributed by atoms with Gasteiger partial charge in [0.1, 0.15) is 9.96 Å². The number of sulfonamides is 1. The number of nitrogens with two attached hydrogens (primary N) is 1. The van der Waals surface area contributed by atoms with Crippen LogP contribution in [0.3, 0.4) is 0 Å². The lowest BCUT2D eigenvalue weighted by Gasteiger charge is -2.05. The van der Waals surface area contributed by atoms with Crippen LogP contribution in [0.2, 0.25) is 0 Å². The third kappa shape index (κ3) is 3.35. The van der Waals surface area contributed by atoms with Crippen LogP contribution < -0.4 is 10.5 Å². The number of carbonyl (C=O) groups is 1. The molecule has 8 heteroatoms. The Bertz CT molecular complexity index is 737. The first kappa shape index (κ1) is 14.5. The summed E-state index contributed by atoms with van der Waals surface area (Å²) < 4.78 is 22.3. The first-order valence-electron chi connectivity index (χ1n) is 5.55. The van der Waals surface area contributed by atoms with Gasteiger partial charge in [-0.3, -0.25) is 4.79 Å². The maximum atomic E-state index is 11.8. The molecule has 0 bridgehead atoms. The highest BCUT2D eigenvalue weighted by atomic mass is 32.2. The van der Waals surface area contributed by atoms with Crippen LogP contribution in [-0.4, -0.2) is 19.4 Å². The summed E-state index contributed by atoms with van der Waals surface area (Å²) in [6, 6.07) is 9.13. The number of phenols is 1. The molecule has 1 amide bonds. The van der Waals surface area contributed by atoms with E-state index in [-0.39, 0.29) is 22.1 Å². The van der Waals surface area contributed by atoms with Crippen LogP contribution in [0.25, 0.3) is 0 Å². The van der Waals surface area contributed by atoms with Crippen LogP contribution in [0.5, 0.6) is 5.75 Å². The second kappa shape index (κ2) is 5.61. The van der Waals surface area contributed by atoms with Crippen molar-refractivity contribution in [1.82, 2.24) is 5.32 Å². The van der Waals surface area contributed by atoms with Gasteiger partial charge in [-0.2, -0.15) is 0 Å². The summed E-state index contributed by atoms with van der Waals surface area (Å²) in [5.74, 6) is -0.546. The average molecular weight is 312 g/mol. The number of rotatable bonds is 4. The fraction of sp³-hybridized carbons (Fsp3) is 0.0833. The number of phenolic OH excluding ortho intramolecular Hbond substituents is 1. The lowest BCUT2D eigenvalue weighted by molar-refractivity contribution is 0.0948. The van der Waals surface area contributed by atoms with Gasteiger partial charge in [-0.15, -0.1) is 11.3 Å². The molecule has 0 saturated heterocycles. The summed E-state index contributed by atoms with van der Waals surface area (Å²) in [6.45, 7) is 0.160. The number of amides is 1. The molecular weight excluding hydrogens is 300 g/mol. The van der Waals surface area contributed by atoms with E-state index in [9.17, 15) is 18.3 Å². The maximum absolute atomic E-state index is 11.8. The van der Waals surface area contributed by atoms with E-state index < -0.39 is 15.9 Å². The molecule has 2 rings (SSSR count). The first-order chi connectivity index (χ1) is 9.38. The Morgan fingerprint density at radius 1 is 1.25 bits per heavy atom. The minimum Gasteiger partial charge on any atom is -0.507 e. The number of primary sulfonamides is 1. The summed E-state index contributed by atoms with van der Waals surface area (Å²) in [6.07, 6.45) is 0. The van der Waals surface area contributed by atoms with Gasteiger partial charge in [-0.1, -0.05) is 12.1 Å². The van der Waals surface area contributed by atoms with Crippen molar-refractivity contribution >= 4 is 27.3 Å². The number of benzene rings is 1. The van der Waals surface area contributed by atoms with E-state index in [2.05, 4.69) is 5.32 Å². The van der Waals surface area contributed by atoms with Crippen molar-refractivity contribution in [1.29, 1.82) is 0 Å². The average Bonchev–Trinajstić information content (AvgIpc) is 2.85. The van der Waals surface area contributed by atoms with E-state index in [1.54, 1.807) is 18.2 Å². The molecule has 0 aliphatic rings. The van der Waals surface area contributed by atoms with Gasteiger partial charge in [0.25, 0.3) is 5.91 Å². The van der Waals surface area contributed by atoms with Crippen molar-refractivity contribution in [2.75, 3.05) is 0 Å². The van der Waals surface area contributed by atoms with Crippen LogP contribution in [0, 0.1) is 0 Å². The van der Waals surface area contributed by atoms with Gasteiger partial charge in [0.05, 0.1) is 12.1 Å². The predicted molar refractivity (Wildman–Crippen MR) is 75.0 cm³/mol. The third-order valence-electron chi connectivity index (χ3n) is 2.49. The summed E-state index contributed by atoms with van der Waals surface area (Å²) >= 11 is 0.991. The molecule has 1 heterocycles. The molecule has 0 aliphatic carbocycles. The molecule has 0 radical (unpaired) electrons. The largest absolute Gasteiger partial charge is 0.507 e. The van der Waals surface area contributed by atoms with Crippen molar-refractivity contribution in [3.05, 3.63) is 46.8 Å². The standard InChI is InChI=1S/C12H12N2O4S2/c13-20(17,18)11-6-5-8(19-11)7-14-12(16)9-3-1-2-4-10(9)15/h1-6,15H,7H2,(H,14,16)(H2,13,17,18). The summed E-state index contributed by atoms with van der Waals surface area (Å²) in [7, 11) is -3.71. The van der Waals surface area contributed by atoms with Gasteiger partial charge in [0.15, 0.2) is 0 Å². The van der Waals surface area contributed by atoms with Gasteiger partial charge in [-0.25, -0.2) is 13.6 Å². The summed E-state index contributed by atoms with van der Waals surface area (Å²) in [4.78, 5) is 12.5. The Balaban J connectivity index is 2.04. The predicted octanol–water partition coefficient (Wildman–Crippen LogP) is 1.03. The smallest absolute Gasteiger partial charge is 0.255 e. The highest BCUT2D eigenvalue weighted by Crippen LogP contribution is 2.20. The van der Waals surface area contributed by atoms with E-state index in [0.717, 1.165) is 11.3 Å². The molecule has 0 fully saturated rings. The van der Waals surface area contributed by atoms with E-state index in [1.807, 2.05) is 0 Å². The highest BCUT2D eigenvalue weighted by Gasteiger charge is 2.13. The number of aromatic hydroxyl groups is 1. The normalized spacial score (nSPS) is 11.2.